The Morgan fingerprint density at radius 1 is 1.23 bits per heavy atom. The highest BCUT2D eigenvalue weighted by molar-refractivity contribution is 6.36. The van der Waals surface area contributed by atoms with Crippen molar-refractivity contribution in [1.82, 2.24) is 10.3 Å². The van der Waals surface area contributed by atoms with Gasteiger partial charge >= 0.3 is 6.09 Å². The van der Waals surface area contributed by atoms with Crippen molar-refractivity contribution >= 4 is 52.6 Å². The van der Waals surface area contributed by atoms with Crippen LogP contribution in [-0.4, -0.2) is 34.5 Å². The summed E-state index contributed by atoms with van der Waals surface area (Å²) in [6.45, 7) is 5.69. The molecule has 1 aromatic carbocycles. The normalized spacial score (nSPS) is 15.3. The Bertz CT molecular complexity index is 962. The van der Waals surface area contributed by atoms with Gasteiger partial charge in [-0.3, -0.25) is 9.69 Å². The molecule has 0 bridgehead atoms. The van der Waals surface area contributed by atoms with Crippen LogP contribution in [0.25, 0.3) is 0 Å². The zero-order valence-electron chi connectivity index (χ0n) is 16.8. The van der Waals surface area contributed by atoms with E-state index < -0.39 is 23.1 Å². The number of alkyl carbamates (subject to hydrolysis) is 1. The van der Waals surface area contributed by atoms with Crippen molar-refractivity contribution in [1.29, 1.82) is 0 Å². The number of halogens is 3. The minimum atomic E-state index is -1.15. The molecule has 6 nitrogen and oxygen atoms in total. The number of pyridine rings is 1. The molecule has 0 saturated carbocycles. The summed E-state index contributed by atoms with van der Waals surface area (Å²) in [4.78, 5) is 31.6. The third kappa shape index (κ3) is 5.17. The highest BCUT2D eigenvalue weighted by Gasteiger charge is 2.37. The number of ether oxygens (including phenoxy) is 1. The SMILES string of the molecule is CC(C)(C)OC(=O)N[C@H](c1ccc(Cl)cc1Cl)[C@@H](Cl)C(=O)N1CCc2cccnc21. The number of rotatable bonds is 4. The first-order valence-electron chi connectivity index (χ1n) is 9.40. The summed E-state index contributed by atoms with van der Waals surface area (Å²) in [6, 6.07) is 7.59. The molecule has 1 aliphatic rings. The number of anilines is 1. The maximum Gasteiger partial charge on any atom is 0.408 e. The van der Waals surface area contributed by atoms with E-state index in [1.54, 1.807) is 39.1 Å². The first-order chi connectivity index (χ1) is 14.1. The Morgan fingerprint density at radius 3 is 2.63 bits per heavy atom. The van der Waals surface area contributed by atoms with Crippen LogP contribution in [0.4, 0.5) is 10.6 Å². The Morgan fingerprint density at radius 2 is 1.97 bits per heavy atom. The number of amides is 2. The van der Waals surface area contributed by atoms with Gasteiger partial charge in [0.25, 0.3) is 0 Å². The molecule has 1 aromatic heterocycles. The number of alkyl halides is 1. The summed E-state index contributed by atoms with van der Waals surface area (Å²) in [7, 11) is 0. The third-order valence-electron chi connectivity index (χ3n) is 4.49. The smallest absolute Gasteiger partial charge is 0.408 e. The number of carbonyl (C=O) groups excluding carboxylic acids is 2. The van der Waals surface area contributed by atoms with E-state index in [9.17, 15) is 9.59 Å². The Balaban J connectivity index is 1.91. The maximum absolute atomic E-state index is 13.3. The molecule has 0 aliphatic carbocycles. The summed E-state index contributed by atoms with van der Waals surface area (Å²) < 4.78 is 5.35. The summed E-state index contributed by atoms with van der Waals surface area (Å²) >= 11 is 19.0. The molecule has 3 rings (SSSR count). The van der Waals surface area contributed by atoms with E-state index in [0.29, 0.717) is 29.4 Å². The second-order valence-corrected chi connectivity index (χ2v) is 9.23. The fraction of sp³-hybridized carbons (Fsp3) is 0.381. The molecule has 2 amide bonds. The molecule has 2 heterocycles. The van der Waals surface area contributed by atoms with Gasteiger partial charge in [-0.05, 0) is 56.5 Å². The van der Waals surface area contributed by atoms with Crippen LogP contribution in [0.5, 0.6) is 0 Å². The van der Waals surface area contributed by atoms with Crippen molar-refractivity contribution < 1.29 is 14.3 Å². The highest BCUT2D eigenvalue weighted by atomic mass is 35.5. The summed E-state index contributed by atoms with van der Waals surface area (Å²) in [5.74, 6) is 0.188. The van der Waals surface area contributed by atoms with E-state index in [1.165, 1.54) is 11.0 Å². The van der Waals surface area contributed by atoms with Crippen molar-refractivity contribution in [3.05, 3.63) is 57.7 Å². The second-order valence-electron chi connectivity index (χ2n) is 7.92. The summed E-state index contributed by atoms with van der Waals surface area (Å²) in [5, 5.41) is 2.25. The maximum atomic E-state index is 13.3. The largest absolute Gasteiger partial charge is 0.444 e. The van der Waals surface area contributed by atoms with Crippen LogP contribution in [0.2, 0.25) is 10.0 Å². The molecule has 1 aliphatic heterocycles. The number of hydrogen-bond donors (Lipinski definition) is 1. The molecule has 30 heavy (non-hydrogen) atoms. The zero-order chi connectivity index (χ0) is 22.1. The van der Waals surface area contributed by atoms with E-state index in [2.05, 4.69) is 10.3 Å². The zero-order valence-corrected chi connectivity index (χ0v) is 19.1. The number of fused-ring (bicyclic) bond motifs is 1. The number of benzene rings is 1. The summed E-state index contributed by atoms with van der Waals surface area (Å²) in [6.07, 6.45) is 1.60. The van der Waals surface area contributed by atoms with Crippen LogP contribution in [0.1, 0.15) is 37.9 Å². The number of aromatic nitrogens is 1. The molecule has 2 aromatic rings. The first-order valence-corrected chi connectivity index (χ1v) is 10.6. The fourth-order valence-corrected chi connectivity index (χ4v) is 4.05. The Kier molecular flexibility index (Phi) is 6.80. The lowest BCUT2D eigenvalue weighted by Gasteiger charge is -2.29. The van der Waals surface area contributed by atoms with E-state index in [-0.39, 0.29) is 10.9 Å². The number of carbonyl (C=O) groups is 2. The molecule has 0 spiro atoms. The van der Waals surface area contributed by atoms with Crippen LogP contribution in [0.15, 0.2) is 36.5 Å². The number of nitrogens with zero attached hydrogens (tertiary/aromatic N) is 2. The lowest BCUT2D eigenvalue weighted by Crippen LogP contribution is -2.45. The van der Waals surface area contributed by atoms with Gasteiger partial charge in [-0.15, -0.1) is 11.6 Å². The monoisotopic (exact) mass is 469 g/mol. The average molecular weight is 471 g/mol. The Hall–Kier alpha value is -2.02. The van der Waals surface area contributed by atoms with E-state index in [0.717, 1.165) is 5.56 Å². The third-order valence-corrected chi connectivity index (χ3v) is 5.49. The molecule has 160 valence electrons. The molecule has 1 N–H and O–H groups in total. The number of nitrogens with one attached hydrogen (secondary N) is 1. The van der Waals surface area contributed by atoms with E-state index in [4.69, 9.17) is 39.5 Å². The number of hydrogen-bond acceptors (Lipinski definition) is 4. The average Bonchev–Trinajstić information content (AvgIpc) is 3.08. The van der Waals surface area contributed by atoms with Crippen LogP contribution in [0, 0.1) is 0 Å². The van der Waals surface area contributed by atoms with Crippen LogP contribution in [-0.2, 0) is 16.0 Å². The van der Waals surface area contributed by atoms with E-state index in [1.807, 2.05) is 12.1 Å². The minimum Gasteiger partial charge on any atom is -0.444 e. The summed E-state index contributed by atoms with van der Waals surface area (Å²) in [5.41, 5.74) is 0.707. The van der Waals surface area contributed by atoms with Gasteiger partial charge in [0.05, 0.1) is 6.04 Å². The molecule has 2 atom stereocenters. The van der Waals surface area contributed by atoms with Gasteiger partial charge in [-0.2, -0.15) is 0 Å². The second kappa shape index (κ2) is 9.00. The van der Waals surface area contributed by atoms with Crippen LogP contribution < -0.4 is 10.2 Å². The van der Waals surface area contributed by atoms with Gasteiger partial charge in [-0.25, -0.2) is 9.78 Å². The van der Waals surface area contributed by atoms with Crippen molar-refractivity contribution in [3.8, 4) is 0 Å². The quantitative estimate of drug-likeness (QED) is 0.627. The molecular weight excluding hydrogens is 449 g/mol. The predicted molar refractivity (Wildman–Crippen MR) is 119 cm³/mol. The van der Waals surface area contributed by atoms with Crippen molar-refractivity contribution in [3.63, 3.8) is 0 Å². The minimum absolute atomic E-state index is 0.280. The van der Waals surface area contributed by atoms with Gasteiger partial charge in [0.1, 0.15) is 16.8 Å². The standard InChI is InChI=1S/C21H22Cl3N3O3/c1-21(2,3)30-20(29)26-17(14-7-6-13(22)11-15(14)23)16(24)19(28)27-10-8-12-5-4-9-25-18(12)27/h4-7,9,11,16-17H,8,10H2,1-3H3,(H,26,29)/t16-,17-/m1/s1. The molecule has 9 heteroatoms. The van der Waals surface area contributed by atoms with E-state index >= 15 is 0 Å². The molecule has 0 radical (unpaired) electrons. The first kappa shape index (κ1) is 22.7. The molecule has 0 saturated heterocycles. The fourth-order valence-electron chi connectivity index (χ4n) is 3.21. The van der Waals surface area contributed by atoms with Gasteiger partial charge < -0.3 is 10.1 Å². The van der Waals surface area contributed by atoms with Gasteiger partial charge in [0.15, 0.2) is 0 Å². The molecule has 0 unspecified atom stereocenters. The van der Waals surface area contributed by atoms with Crippen LogP contribution >= 0.6 is 34.8 Å². The van der Waals surface area contributed by atoms with Crippen molar-refractivity contribution in [2.45, 2.75) is 44.2 Å². The van der Waals surface area contributed by atoms with Crippen LogP contribution in [0.3, 0.4) is 0 Å². The molecular formula is C21H22Cl3N3O3. The van der Waals surface area contributed by atoms with Gasteiger partial charge in [-0.1, -0.05) is 35.3 Å². The lowest BCUT2D eigenvalue weighted by atomic mass is 10.0. The highest BCUT2D eigenvalue weighted by Crippen LogP contribution is 2.33. The van der Waals surface area contributed by atoms with Gasteiger partial charge in [0, 0.05) is 22.8 Å². The van der Waals surface area contributed by atoms with Crippen molar-refractivity contribution in [2.24, 2.45) is 0 Å². The Labute approximate surface area is 190 Å². The topological polar surface area (TPSA) is 71.5 Å². The molecule has 0 fully saturated rings. The van der Waals surface area contributed by atoms with Gasteiger partial charge in [0.2, 0.25) is 5.91 Å². The lowest BCUT2D eigenvalue weighted by molar-refractivity contribution is -0.118. The predicted octanol–water partition coefficient (Wildman–Crippen LogP) is 5.15. The van der Waals surface area contributed by atoms with Crippen molar-refractivity contribution in [2.75, 3.05) is 11.4 Å².